The number of carbonyl (C=O) groups is 1. The number of hydrogen-bond donors (Lipinski definition) is 1. The predicted molar refractivity (Wildman–Crippen MR) is 117 cm³/mol. The van der Waals surface area contributed by atoms with Gasteiger partial charge in [-0.25, -0.2) is 14.1 Å². The molecule has 0 fully saturated rings. The van der Waals surface area contributed by atoms with E-state index >= 15 is 0 Å². The minimum atomic E-state index is -0.406. The second-order valence-electron chi connectivity index (χ2n) is 7.09. The highest BCUT2D eigenvalue weighted by Gasteiger charge is 2.19. The van der Waals surface area contributed by atoms with Gasteiger partial charge in [0.15, 0.2) is 0 Å². The first-order valence-electron chi connectivity index (χ1n) is 10.2. The van der Waals surface area contributed by atoms with Gasteiger partial charge in [0.25, 0.3) is 5.91 Å². The summed E-state index contributed by atoms with van der Waals surface area (Å²) in [4.78, 5) is 17.6. The smallest absolute Gasteiger partial charge is 0.261 e. The first-order chi connectivity index (χ1) is 15.1. The maximum Gasteiger partial charge on any atom is 0.261 e. The zero-order valence-electron chi connectivity index (χ0n) is 17.5. The molecule has 7 nitrogen and oxygen atoms in total. The predicted octanol–water partition coefficient (Wildman–Crippen LogP) is 4.35. The number of ether oxygens (including phenoxy) is 1. The van der Waals surface area contributed by atoms with Crippen LogP contribution in [0.5, 0.6) is 0 Å². The summed E-state index contributed by atoms with van der Waals surface area (Å²) in [5.41, 5.74) is 2.93. The number of fused-ring (bicyclic) bond motifs is 1. The van der Waals surface area contributed by atoms with E-state index in [2.05, 4.69) is 15.4 Å². The Balaban J connectivity index is 1.61. The van der Waals surface area contributed by atoms with E-state index in [-0.39, 0.29) is 5.91 Å². The summed E-state index contributed by atoms with van der Waals surface area (Å²) in [5, 5.41) is 7.12. The zero-order chi connectivity index (χ0) is 21.8. The average Bonchev–Trinajstić information content (AvgIpc) is 3.32. The number of amides is 1. The van der Waals surface area contributed by atoms with Gasteiger partial charge in [-0.3, -0.25) is 10.1 Å². The van der Waals surface area contributed by atoms with Crippen molar-refractivity contribution in [3.8, 4) is 5.69 Å². The van der Waals surface area contributed by atoms with Gasteiger partial charge < -0.3 is 9.30 Å². The Hall–Kier alpha value is -3.52. The maximum atomic E-state index is 14.2. The number of nitrogens with one attached hydrogen (secondary N) is 1. The van der Waals surface area contributed by atoms with Crippen LogP contribution in [0.2, 0.25) is 0 Å². The molecule has 1 amide bonds. The van der Waals surface area contributed by atoms with Gasteiger partial charge in [0, 0.05) is 19.8 Å². The zero-order valence-corrected chi connectivity index (χ0v) is 17.5. The molecular weight excluding hydrogens is 397 g/mol. The largest absolute Gasteiger partial charge is 0.382 e. The number of carbonyl (C=O) groups excluding carboxylic acids is 1. The molecule has 0 radical (unpaired) electrons. The Morgan fingerprint density at radius 3 is 2.74 bits per heavy atom. The number of benzene rings is 2. The van der Waals surface area contributed by atoms with Crippen LogP contribution in [-0.4, -0.2) is 38.5 Å². The summed E-state index contributed by atoms with van der Waals surface area (Å²) < 4.78 is 23.0. The van der Waals surface area contributed by atoms with Crippen LogP contribution in [-0.2, 0) is 11.3 Å². The van der Waals surface area contributed by atoms with Gasteiger partial charge >= 0.3 is 0 Å². The van der Waals surface area contributed by atoms with Gasteiger partial charge in [-0.05, 0) is 44.5 Å². The third kappa shape index (κ3) is 4.20. The van der Waals surface area contributed by atoms with Crippen molar-refractivity contribution >= 4 is 22.9 Å². The Morgan fingerprint density at radius 1 is 1.16 bits per heavy atom. The van der Waals surface area contributed by atoms with Crippen LogP contribution in [0.4, 0.5) is 10.3 Å². The van der Waals surface area contributed by atoms with Crippen molar-refractivity contribution in [1.29, 1.82) is 0 Å². The lowest BCUT2D eigenvalue weighted by Crippen LogP contribution is -2.17. The molecule has 1 N–H and O–H groups in total. The summed E-state index contributed by atoms with van der Waals surface area (Å²) in [7, 11) is 0. The Labute approximate surface area is 179 Å². The quantitative estimate of drug-likeness (QED) is 0.429. The molecule has 0 unspecified atom stereocenters. The third-order valence-corrected chi connectivity index (χ3v) is 5.09. The molecule has 8 heteroatoms. The fourth-order valence-corrected chi connectivity index (χ4v) is 3.53. The molecule has 0 saturated heterocycles. The first kappa shape index (κ1) is 20.7. The van der Waals surface area contributed by atoms with E-state index < -0.39 is 5.82 Å². The normalized spacial score (nSPS) is 11.2. The van der Waals surface area contributed by atoms with E-state index in [4.69, 9.17) is 4.74 Å². The first-order valence-corrected chi connectivity index (χ1v) is 10.2. The SMILES string of the molecule is CCOCCCn1c(NC(=O)c2cnn(-c3ccccc3F)c2C)nc2ccccc21. The Morgan fingerprint density at radius 2 is 1.94 bits per heavy atom. The second-order valence-corrected chi connectivity index (χ2v) is 7.09. The standard InChI is InChI=1S/C23H24FN5O2/c1-3-31-14-8-13-28-21-12-7-5-10-19(21)26-23(28)27-22(30)17-15-25-29(16(17)2)20-11-6-4-9-18(20)24/h4-7,9-12,15H,3,8,13-14H2,1-2H3,(H,26,27,30). The number of imidazole rings is 1. The summed E-state index contributed by atoms with van der Waals surface area (Å²) in [6, 6.07) is 14.1. The molecular formula is C23H24FN5O2. The van der Waals surface area contributed by atoms with Crippen molar-refractivity contribution in [2.75, 3.05) is 18.5 Å². The van der Waals surface area contributed by atoms with E-state index in [0.29, 0.717) is 42.7 Å². The summed E-state index contributed by atoms with van der Waals surface area (Å²) in [6.45, 7) is 5.65. The molecule has 0 saturated carbocycles. The molecule has 2 heterocycles. The summed E-state index contributed by atoms with van der Waals surface area (Å²) in [5.74, 6) is -0.293. The monoisotopic (exact) mass is 421 g/mol. The van der Waals surface area contributed by atoms with E-state index in [1.165, 1.54) is 16.9 Å². The highest BCUT2D eigenvalue weighted by molar-refractivity contribution is 6.04. The highest BCUT2D eigenvalue weighted by Crippen LogP contribution is 2.22. The molecule has 0 atom stereocenters. The van der Waals surface area contributed by atoms with Crippen LogP contribution < -0.4 is 5.32 Å². The second kappa shape index (κ2) is 9.09. The number of para-hydroxylation sites is 3. The molecule has 0 aliphatic rings. The van der Waals surface area contributed by atoms with Gasteiger partial charge in [0.1, 0.15) is 11.5 Å². The molecule has 0 aliphatic carbocycles. The molecule has 0 spiro atoms. The van der Waals surface area contributed by atoms with E-state index in [1.54, 1.807) is 25.1 Å². The maximum absolute atomic E-state index is 14.2. The number of hydrogen-bond acceptors (Lipinski definition) is 4. The lowest BCUT2D eigenvalue weighted by Gasteiger charge is -2.10. The minimum absolute atomic E-state index is 0.294. The molecule has 4 rings (SSSR count). The van der Waals surface area contributed by atoms with Crippen LogP contribution in [0.15, 0.2) is 54.7 Å². The molecule has 0 aliphatic heterocycles. The lowest BCUT2D eigenvalue weighted by atomic mass is 10.2. The van der Waals surface area contributed by atoms with Gasteiger partial charge in [-0.1, -0.05) is 24.3 Å². The number of aryl methyl sites for hydroxylation is 1. The van der Waals surface area contributed by atoms with Gasteiger partial charge in [-0.15, -0.1) is 0 Å². The van der Waals surface area contributed by atoms with Gasteiger partial charge in [0.2, 0.25) is 5.95 Å². The summed E-state index contributed by atoms with van der Waals surface area (Å²) >= 11 is 0. The Kier molecular flexibility index (Phi) is 6.08. The molecule has 31 heavy (non-hydrogen) atoms. The molecule has 4 aromatic rings. The number of rotatable bonds is 8. The minimum Gasteiger partial charge on any atom is -0.382 e. The van der Waals surface area contributed by atoms with Crippen molar-refractivity contribution in [3.05, 3.63) is 71.8 Å². The van der Waals surface area contributed by atoms with E-state index in [1.807, 2.05) is 35.8 Å². The number of aromatic nitrogens is 4. The number of nitrogens with zero attached hydrogens (tertiary/aromatic N) is 4. The summed E-state index contributed by atoms with van der Waals surface area (Å²) in [6.07, 6.45) is 2.24. The van der Waals surface area contributed by atoms with E-state index in [0.717, 1.165) is 17.5 Å². The van der Waals surface area contributed by atoms with Crippen LogP contribution in [0.1, 0.15) is 29.4 Å². The van der Waals surface area contributed by atoms with E-state index in [9.17, 15) is 9.18 Å². The third-order valence-electron chi connectivity index (χ3n) is 5.09. The van der Waals surface area contributed by atoms with Crippen molar-refractivity contribution < 1.29 is 13.9 Å². The van der Waals surface area contributed by atoms with Crippen LogP contribution >= 0.6 is 0 Å². The fourth-order valence-electron chi connectivity index (χ4n) is 3.53. The van der Waals surface area contributed by atoms with Crippen molar-refractivity contribution in [2.24, 2.45) is 0 Å². The van der Waals surface area contributed by atoms with Crippen molar-refractivity contribution in [2.45, 2.75) is 26.8 Å². The number of anilines is 1. The molecule has 160 valence electrons. The molecule has 2 aromatic heterocycles. The molecule has 2 aromatic carbocycles. The van der Waals surface area contributed by atoms with Crippen molar-refractivity contribution in [3.63, 3.8) is 0 Å². The van der Waals surface area contributed by atoms with Crippen LogP contribution in [0.25, 0.3) is 16.7 Å². The number of halogens is 1. The highest BCUT2D eigenvalue weighted by atomic mass is 19.1. The fraction of sp³-hybridized carbons (Fsp3) is 0.261. The van der Waals surface area contributed by atoms with Crippen LogP contribution in [0.3, 0.4) is 0 Å². The molecule has 0 bridgehead atoms. The van der Waals surface area contributed by atoms with Gasteiger partial charge in [0.05, 0.1) is 28.5 Å². The van der Waals surface area contributed by atoms with Crippen LogP contribution in [0, 0.1) is 12.7 Å². The van der Waals surface area contributed by atoms with Crippen molar-refractivity contribution in [1.82, 2.24) is 19.3 Å². The Bertz CT molecular complexity index is 1210. The van der Waals surface area contributed by atoms with Gasteiger partial charge in [-0.2, -0.15) is 5.10 Å². The average molecular weight is 421 g/mol. The lowest BCUT2D eigenvalue weighted by molar-refractivity contribution is 0.102. The topological polar surface area (TPSA) is 74.0 Å².